The van der Waals surface area contributed by atoms with Crippen LogP contribution in [0.25, 0.3) is 0 Å². The van der Waals surface area contributed by atoms with Crippen molar-refractivity contribution >= 4 is 10.4 Å². The normalized spacial score (nSPS) is 8.80. The summed E-state index contributed by atoms with van der Waals surface area (Å²) in [6.07, 6.45) is 0. The van der Waals surface area contributed by atoms with E-state index in [2.05, 4.69) is 38.1 Å². The first-order chi connectivity index (χ1) is 5.80. The number of aryl methyl sites for hydroxylation is 2. The summed E-state index contributed by atoms with van der Waals surface area (Å²) >= 11 is 0. The van der Waals surface area contributed by atoms with Crippen molar-refractivity contribution in [3.8, 4) is 0 Å². The van der Waals surface area contributed by atoms with Gasteiger partial charge in [-0.25, -0.2) is 0 Å². The first-order valence-corrected chi connectivity index (χ1v) is 4.83. The Labute approximate surface area is 135 Å². The largest absolute Gasteiger partial charge is 1.00 e. The predicted molar refractivity (Wildman–Crippen MR) is 46.4 cm³/mol. The topological polar surface area (TPSA) is 80.3 Å². The monoisotopic (exact) mass is 248 g/mol. The Kier molecular flexibility index (Phi) is 14.6. The first-order valence-electron chi connectivity index (χ1n) is 3.49. The van der Waals surface area contributed by atoms with Crippen molar-refractivity contribution in [2.75, 3.05) is 0 Å². The van der Waals surface area contributed by atoms with Gasteiger partial charge >= 0.3 is 59.1 Å². The molecule has 0 fully saturated rings. The van der Waals surface area contributed by atoms with Crippen LogP contribution in [0, 0.1) is 13.8 Å². The van der Waals surface area contributed by atoms with Gasteiger partial charge < -0.3 is 9.11 Å². The minimum atomic E-state index is -5.17. The van der Waals surface area contributed by atoms with Crippen LogP contribution in [0.4, 0.5) is 0 Å². The van der Waals surface area contributed by atoms with Crippen LogP contribution in [0.3, 0.4) is 0 Å². The van der Waals surface area contributed by atoms with Gasteiger partial charge in [-0.15, -0.1) is 0 Å². The minimum absolute atomic E-state index is 0. The molecule has 0 aliphatic carbocycles. The fourth-order valence-electron chi connectivity index (χ4n) is 0.663. The third-order valence-corrected chi connectivity index (χ3v) is 1.43. The second-order valence-corrected chi connectivity index (χ2v) is 3.31. The van der Waals surface area contributed by atoms with Gasteiger partial charge in [0.25, 0.3) is 0 Å². The standard InChI is InChI=1S/C8H10.2Na.H2O4S/c1-7-5-3-4-6-8(7)2;;;1-5(2,3)4/h3-6H,1-2H3;;;(H2,1,2,3,4)/q;2*+1;/p-2. The predicted octanol–water partition coefficient (Wildman–Crippen LogP) is -5.03. The molecule has 0 bridgehead atoms. The minimum Gasteiger partial charge on any atom is -0.759 e. The van der Waals surface area contributed by atoms with Crippen LogP contribution in [0.15, 0.2) is 24.3 Å². The molecule has 74 valence electrons. The zero-order valence-corrected chi connectivity index (χ0v) is 14.2. The van der Waals surface area contributed by atoms with E-state index >= 15 is 0 Å². The van der Waals surface area contributed by atoms with Crippen molar-refractivity contribution < 1.29 is 76.6 Å². The van der Waals surface area contributed by atoms with Gasteiger partial charge in [0.2, 0.25) is 0 Å². The van der Waals surface area contributed by atoms with Crippen molar-refractivity contribution in [1.82, 2.24) is 0 Å². The zero-order valence-electron chi connectivity index (χ0n) is 9.35. The van der Waals surface area contributed by atoms with Crippen LogP contribution in [0.5, 0.6) is 0 Å². The smallest absolute Gasteiger partial charge is 0.759 e. The fourth-order valence-corrected chi connectivity index (χ4v) is 0.663. The van der Waals surface area contributed by atoms with Crippen LogP contribution < -0.4 is 59.1 Å². The molecule has 0 spiro atoms. The summed E-state index contributed by atoms with van der Waals surface area (Å²) in [4.78, 5) is 0. The first kappa shape index (κ1) is 21.4. The van der Waals surface area contributed by atoms with Crippen LogP contribution in [0.2, 0.25) is 0 Å². The van der Waals surface area contributed by atoms with Gasteiger partial charge in [-0.1, -0.05) is 24.3 Å². The molecule has 15 heavy (non-hydrogen) atoms. The molecule has 7 heteroatoms. The molecule has 0 unspecified atom stereocenters. The van der Waals surface area contributed by atoms with Gasteiger partial charge in [0.15, 0.2) is 0 Å². The molecule has 1 rings (SSSR count). The quantitative estimate of drug-likeness (QED) is 0.261. The number of hydrogen-bond donors (Lipinski definition) is 0. The maximum Gasteiger partial charge on any atom is 1.00 e. The molecule has 1 aromatic rings. The molecule has 0 radical (unpaired) electrons. The maximum atomic E-state index is 8.52. The van der Waals surface area contributed by atoms with Crippen LogP contribution in [-0.4, -0.2) is 17.5 Å². The number of hydrogen-bond acceptors (Lipinski definition) is 4. The Balaban J connectivity index is -0.000000185. The SMILES string of the molecule is Cc1ccccc1C.O=S(=O)([O-])[O-].[Na+].[Na+]. The van der Waals surface area contributed by atoms with E-state index in [-0.39, 0.29) is 59.1 Å². The van der Waals surface area contributed by atoms with E-state index in [1.165, 1.54) is 11.1 Å². The third-order valence-electron chi connectivity index (χ3n) is 1.43. The van der Waals surface area contributed by atoms with Gasteiger partial charge in [-0.05, 0) is 25.0 Å². The average molecular weight is 248 g/mol. The summed E-state index contributed by atoms with van der Waals surface area (Å²) in [5, 5.41) is 0. The molecular formula is C8H10Na2O4S. The maximum absolute atomic E-state index is 8.52. The molecule has 0 saturated carbocycles. The summed E-state index contributed by atoms with van der Waals surface area (Å²) in [6.45, 7) is 4.24. The van der Waals surface area contributed by atoms with Crippen molar-refractivity contribution in [2.24, 2.45) is 0 Å². The van der Waals surface area contributed by atoms with E-state index in [9.17, 15) is 0 Å². The van der Waals surface area contributed by atoms with E-state index in [1.54, 1.807) is 0 Å². The second kappa shape index (κ2) is 10.3. The van der Waals surface area contributed by atoms with Crippen molar-refractivity contribution in [3.63, 3.8) is 0 Å². The molecule has 0 aliphatic heterocycles. The van der Waals surface area contributed by atoms with E-state index in [1.807, 2.05) is 0 Å². The molecule has 4 nitrogen and oxygen atoms in total. The molecule has 0 atom stereocenters. The summed E-state index contributed by atoms with van der Waals surface area (Å²) in [7, 11) is -5.17. The third kappa shape index (κ3) is 17.7. The van der Waals surface area contributed by atoms with Gasteiger partial charge in [0.05, 0.1) is 0 Å². The van der Waals surface area contributed by atoms with Crippen LogP contribution in [-0.2, 0) is 10.4 Å². The molecule has 0 aromatic heterocycles. The van der Waals surface area contributed by atoms with Crippen LogP contribution >= 0.6 is 0 Å². The summed E-state index contributed by atoms with van der Waals surface area (Å²) in [5.74, 6) is 0. The number of benzene rings is 1. The van der Waals surface area contributed by atoms with Crippen molar-refractivity contribution in [2.45, 2.75) is 13.8 Å². The Morgan fingerprint density at radius 2 is 1.13 bits per heavy atom. The molecule has 0 saturated heterocycles. The fraction of sp³-hybridized carbons (Fsp3) is 0.250. The average Bonchev–Trinajstić information content (AvgIpc) is 1.92. The van der Waals surface area contributed by atoms with Gasteiger partial charge in [-0.2, -0.15) is 0 Å². The van der Waals surface area contributed by atoms with E-state index in [4.69, 9.17) is 17.5 Å². The Morgan fingerprint density at radius 3 is 1.27 bits per heavy atom. The molecule has 0 amide bonds. The second-order valence-electron chi connectivity index (χ2n) is 2.49. The van der Waals surface area contributed by atoms with E-state index in [0.717, 1.165) is 0 Å². The Morgan fingerprint density at radius 1 is 0.933 bits per heavy atom. The van der Waals surface area contributed by atoms with Crippen molar-refractivity contribution in [3.05, 3.63) is 35.4 Å². The van der Waals surface area contributed by atoms with E-state index in [0.29, 0.717) is 0 Å². The van der Waals surface area contributed by atoms with Gasteiger partial charge in [-0.3, -0.25) is 8.42 Å². The van der Waals surface area contributed by atoms with Crippen molar-refractivity contribution in [1.29, 1.82) is 0 Å². The molecule has 0 N–H and O–H groups in total. The molecule has 0 aliphatic rings. The zero-order chi connectivity index (χ0) is 10.5. The molecule has 0 heterocycles. The summed E-state index contributed by atoms with van der Waals surface area (Å²) in [6, 6.07) is 8.36. The Bertz CT molecular complexity index is 336. The van der Waals surface area contributed by atoms with E-state index < -0.39 is 10.4 Å². The number of rotatable bonds is 0. The molecule has 1 aromatic carbocycles. The van der Waals surface area contributed by atoms with Gasteiger partial charge in [0, 0.05) is 10.4 Å². The summed E-state index contributed by atoms with van der Waals surface area (Å²) < 4.78 is 34.1. The van der Waals surface area contributed by atoms with Crippen LogP contribution in [0.1, 0.15) is 11.1 Å². The molecular weight excluding hydrogens is 238 g/mol. The Hall–Kier alpha value is 1.09. The summed E-state index contributed by atoms with van der Waals surface area (Å²) in [5.41, 5.74) is 2.74. The van der Waals surface area contributed by atoms with Gasteiger partial charge in [0.1, 0.15) is 0 Å².